The second kappa shape index (κ2) is 15.7. The van der Waals surface area contributed by atoms with Crippen LogP contribution in [-0.2, 0) is 36.8 Å². The molecule has 0 bridgehead atoms. The van der Waals surface area contributed by atoms with Crippen LogP contribution in [0.2, 0.25) is 0 Å². The summed E-state index contributed by atoms with van der Waals surface area (Å²) in [5.74, 6) is -4.75. The highest BCUT2D eigenvalue weighted by Crippen LogP contribution is 2.19. The van der Waals surface area contributed by atoms with E-state index in [9.17, 15) is 29.1 Å². The van der Waals surface area contributed by atoms with Crippen molar-refractivity contribution in [2.75, 3.05) is 6.54 Å². The number of nitrogens with two attached hydrogens (primary N) is 4. The van der Waals surface area contributed by atoms with Crippen molar-refractivity contribution in [3.63, 3.8) is 0 Å². The molecule has 3 aromatic rings. The molecular formula is C27H37N11O6. The van der Waals surface area contributed by atoms with Crippen molar-refractivity contribution in [1.82, 2.24) is 30.9 Å². The molecule has 0 aliphatic heterocycles. The van der Waals surface area contributed by atoms with Gasteiger partial charge < -0.3 is 54.0 Å². The Morgan fingerprint density at radius 2 is 1.59 bits per heavy atom. The number of imidazole rings is 1. The third-order valence-corrected chi connectivity index (χ3v) is 6.67. The molecule has 0 radical (unpaired) electrons. The van der Waals surface area contributed by atoms with Crippen LogP contribution in [0.25, 0.3) is 10.9 Å². The molecule has 3 rings (SSSR count). The molecule has 4 unspecified atom stereocenters. The van der Waals surface area contributed by atoms with Crippen LogP contribution >= 0.6 is 0 Å². The van der Waals surface area contributed by atoms with Crippen LogP contribution in [0.4, 0.5) is 0 Å². The maximum absolute atomic E-state index is 13.5. The highest BCUT2D eigenvalue weighted by atomic mass is 16.4. The number of aromatic nitrogens is 3. The van der Waals surface area contributed by atoms with Crippen molar-refractivity contribution in [2.45, 2.75) is 56.3 Å². The van der Waals surface area contributed by atoms with E-state index >= 15 is 0 Å². The first-order chi connectivity index (χ1) is 20.9. The third kappa shape index (κ3) is 9.83. The van der Waals surface area contributed by atoms with Crippen LogP contribution in [0.1, 0.15) is 30.5 Å². The number of carboxylic acids is 1. The summed E-state index contributed by atoms with van der Waals surface area (Å²) in [6, 6.07) is 2.08. The number of amides is 4. The highest BCUT2D eigenvalue weighted by Gasteiger charge is 2.32. The number of nitrogens with one attached hydrogen (secondary N) is 5. The van der Waals surface area contributed by atoms with Gasteiger partial charge in [0, 0.05) is 48.4 Å². The van der Waals surface area contributed by atoms with Gasteiger partial charge in [0.1, 0.15) is 18.1 Å². The Balaban J connectivity index is 1.80. The summed E-state index contributed by atoms with van der Waals surface area (Å²) in [5, 5.41) is 18.0. The van der Waals surface area contributed by atoms with E-state index in [4.69, 9.17) is 22.9 Å². The molecule has 0 saturated heterocycles. The Kier molecular flexibility index (Phi) is 11.8. The van der Waals surface area contributed by atoms with Crippen LogP contribution in [-0.4, -0.2) is 86.3 Å². The second-order valence-electron chi connectivity index (χ2n) is 10.1. The quantitative estimate of drug-likeness (QED) is 0.0433. The zero-order valence-corrected chi connectivity index (χ0v) is 23.8. The van der Waals surface area contributed by atoms with Crippen molar-refractivity contribution < 1.29 is 29.1 Å². The minimum atomic E-state index is -1.47. The minimum Gasteiger partial charge on any atom is -0.480 e. The van der Waals surface area contributed by atoms with Crippen molar-refractivity contribution in [1.29, 1.82) is 0 Å². The molecule has 0 fully saturated rings. The van der Waals surface area contributed by atoms with E-state index in [-0.39, 0.29) is 31.8 Å². The fraction of sp³-hybridized carbons (Fsp3) is 0.370. The minimum absolute atomic E-state index is 0.0560. The first-order valence-electron chi connectivity index (χ1n) is 13.7. The van der Waals surface area contributed by atoms with Gasteiger partial charge in [0.25, 0.3) is 0 Å². The fourth-order valence-electron chi connectivity index (χ4n) is 4.43. The number of aliphatic imine (C=N–C) groups is 1. The standard InChI is InChI=1S/C27H37N11O6/c28-17(5-3-7-33-27(30)31)23(40)36-20(10-22(29)39)25(42)37-19(8-14-11-34-18-6-2-1-4-16(14)18)24(41)38-21(26(43)44)9-15-12-32-13-35-15/h1-2,4,6,11-13,17,19-21,34H,3,5,7-10,28H2,(H2,29,39)(H,32,35)(H,36,40)(H,37,42)(H,38,41)(H,43,44)(H4,30,31,33). The number of rotatable bonds is 17. The van der Waals surface area contributed by atoms with Crippen molar-refractivity contribution in [3.8, 4) is 0 Å². The molecule has 17 heteroatoms. The molecule has 236 valence electrons. The lowest BCUT2D eigenvalue weighted by atomic mass is 10.0. The first-order valence-corrected chi connectivity index (χ1v) is 13.7. The van der Waals surface area contributed by atoms with Gasteiger partial charge in [0.2, 0.25) is 23.6 Å². The molecule has 2 aromatic heterocycles. The number of carboxylic acid groups (broad SMARTS) is 1. The Morgan fingerprint density at radius 3 is 2.25 bits per heavy atom. The number of H-pyrrole nitrogens is 2. The lowest BCUT2D eigenvalue weighted by Gasteiger charge is -2.25. The SMILES string of the molecule is NC(=O)CC(NC(=O)C(N)CCCN=C(N)N)C(=O)NC(Cc1c[nH]c2ccccc12)C(=O)NC(Cc1cnc[nH]1)C(=O)O. The lowest BCUT2D eigenvalue weighted by Crippen LogP contribution is -2.58. The molecule has 44 heavy (non-hydrogen) atoms. The van der Waals surface area contributed by atoms with E-state index in [0.29, 0.717) is 17.7 Å². The van der Waals surface area contributed by atoms with E-state index in [0.717, 1.165) is 10.9 Å². The van der Waals surface area contributed by atoms with Crippen LogP contribution < -0.4 is 38.9 Å². The van der Waals surface area contributed by atoms with Gasteiger partial charge in [-0.1, -0.05) is 18.2 Å². The number of para-hydroxylation sites is 1. The molecule has 4 atom stereocenters. The number of aliphatic carboxylic acids is 1. The molecular weight excluding hydrogens is 574 g/mol. The van der Waals surface area contributed by atoms with Crippen molar-refractivity contribution in [3.05, 3.63) is 54.2 Å². The summed E-state index contributed by atoms with van der Waals surface area (Å²) in [6.45, 7) is 0.233. The summed E-state index contributed by atoms with van der Waals surface area (Å²) < 4.78 is 0. The summed E-state index contributed by atoms with van der Waals surface area (Å²) in [6.07, 6.45) is 4.27. The molecule has 2 heterocycles. The Morgan fingerprint density at radius 1 is 0.909 bits per heavy atom. The zero-order valence-electron chi connectivity index (χ0n) is 23.8. The van der Waals surface area contributed by atoms with Gasteiger partial charge in [0.15, 0.2) is 5.96 Å². The van der Waals surface area contributed by atoms with Gasteiger partial charge in [-0.25, -0.2) is 9.78 Å². The Bertz CT molecular complexity index is 1480. The number of carbonyl (C=O) groups is 5. The van der Waals surface area contributed by atoms with Gasteiger partial charge in [-0.05, 0) is 24.5 Å². The number of carbonyl (C=O) groups excluding carboxylic acids is 4. The number of guanidine groups is 1. The predicted molar refractivity (Wildman–Crippen MR) is 159 cm³/mol. The molecule has 17 nitrogen and oxygen atoms in total. The largest absolute Gasteiger partial charge is 0.480 e. The average Bonchev–Trinajstić information content (AvgIpc) is 3.63. The summed E-state index contributed by atoms with van der Waals surface area (Å²) in [7, 11) is 0. The molecule has 14 N–H and O–H groups in total. The van der Waals surface area contributed by atoms with Gasteiger partial charge in [0.05, 0.1) is 18.8 Å². The normalized spacial score (nSPS) is 13.7. The first kappa shape index (κ1) is 33.1. The number of fused-ring (bicyclic) bond motifs is 1. The maximum Gasteiger partial charge on any atom is 0.326 e. The number of nitrogens with zero attached hydrogens (tertiary/aromatic N) is 2. The average molecular weight is 612 g/mol. The van der Waals surface area contributed by atoms with E-state index in [1.54, 1.807) is 12.3 Å². The van der Waals surface area contributed by atoms with E-state index in [1.165, 1.54) is 12.5 Å². The number of primary amides is 1. The van der Waals surface area contributed by atoms with Gasteiger partial charge in [-0.2, -0.15) is 0 Å². The molecule has 4 amide bonds. The second-order valence-corrected chi connectivity index (χ2v) is 10.1. The Hall–Kier alpha value is -5.45. The highest BCUT2D eigenvalue weighted by molar-refractivity contribution is 5.96. The summed E-state index contributed by atoms with van der Waals surface area (Å²) in [4.78, 5) is 77.0. The maximum atomic E-state index is 13.5. The van der Waals surface area contributed by atoms with E-state index in [1.807, 2.05) is 18.2 Å². The van der Waals surface area contributed by atoms with Crippen LogP contribution in [0.5, 0.6) is 0 Å². The monoisotopic (exact) mass is 611 g/mol. The van der Waals surface area contributed by atoms with Gasteiger partial charge in [-0.15, -0.1) is 0 Å². The number of benzene rings is 1. The van der Waals surface area contributed by atoms with E-state index < -0.39 is 60.2 Å². The smallest absolute Gasteiger partial charge is 0.326 e. The molecule has 0 aliphatic rings. The Labute approximate surface area is 251 Å². The predicted octanol–water partition coefficient (Wildman–Crippen LogP) is -2.53. The van der Waals surface area contributed by atoms with Crippen LogP contribution in [0.3, 0.4) is 0 Å². The lowest BCUT2D eigenvalue weighted by molar-refractivity contribution is -0.142. The van der Waals surface area contributed by atoms with Crippen LogP contribution in [0, 0.1) is 0 Å². The van der Waals surface area contributed by atoms with Gasteiger partial charge >= 0.3 is 5.97 Å². The molecule has 1 aromatic carbocycles. The summed E-state index contributed by atoms with van der Waals surface area (Å²) >= 11 is 0. The van der Waals surface area contributed by atoms with Crippen molar-refractivity contribution >= 4 is 46.5 Å². The third-order valence-electron chi connectivity index (χ3n) is 6.67. The van der Waals surface area contributed by atoms with E-state index in [2.05, 4.69) is 35.9 Å². The zero-order chi connectivity index (χ0) is 32.2. The van der Waals surface area contributed by atoms with Crippen LogP contribution in [0.15, 0.2) is 48.0 Å². The molecule has 0 spiro atoms. The topological polar surface area (TPSA) is 303 Å². The summed E-state index contributed by atoms with van der Waals surface area (Å²) in [5.41, 5.74) is 23.7. The number of hydrogen-bond acceptors (Lipinski definition) is 8. The fourth-order valence-corrected chi connectivity index (χ4v) is 4.43. The van der Waals surface area contributed by atoms with Gasteiger partial charge in [-0.3, -0.25) is 24.2 Å². The molecule has 0 aliphatic carbocycles. The number of hydrogen-bond donors (Lipinski definition) is 10. The van der Waals surface area contributed by atoms with Crippen molar-refractivity contribution in [2.24, 2.45) is 27.9 Å². The number of aromatic amines is 2. The molecule has 0 saturated carbocycles.